The molecule has 0 bridgehead atoms. The summed E-state index contributed by atoms with van der Waals surface area (Å²) in [7, 11) is 0. The second-order valence-electron chi connectivity index (χ2n) is 3.22. The van der Waals surface area contributed by atoms with Crippen molar-refractivity contribution in [3.05, 3.63) is 30.3 Å². The van der Waals surface area contributed by atoms with Crippen LogP contribution in [0.15, 0.2) is 30.3 Å². The number of hydrogen-bond donors (Lipinski definition) is 0. The Morgan fingerprint density at radius 2 is 1.25 bits per heavy atom. The van der Waals surface area contributed by atoms with E-state index < -0.39 is 14.3 Å². The molecule has 3 nitrogen and oxygen atoms in total. The van der Waals surface area contributed by atoms with Crippen LogP contribution in [0.5, 0.6) is 0 Å². The van der Waals surface area contributed by atoms with Crippen molar-refractivity contribution in [3.63, 3.8) is 0 Å². The zero-order chi connectivity index (χ0) is 11.9. The molecule has 1 rings (SSSR count). The molecule has 0 radical (unpaired) electrons. The van der Waals surface area contributed by atoms with E-state index in [1.165, 1.54) is 0 Å². The molecule has 16 heavy (non-hydrogen) atoms. The molecule has 0 atom stereocenters. The molecule has 0 unspecified atom stereocenters. The van der Waals surface area contributed by atoms with Crippen molar-refractivity contribution in [3.8, 4) is 0 Å². The monoisotopic (exact) mass is 286 g/mol. The molecule has 0 fully saturated rings. The standard InChI is InChI=1S/C12H20GeO3/c1-4-14-13(15-5-2,16-6-3)12-10-8-7-9-11-12/h7-11H,4-6H2,1-3H3. The molecule has 1 aromatic carbocycles. The van der Waals surface area contributed by atoms with Gasteiger partial charge in [-0.15, -0.1) is 0 Å². The van der Waals surface area contributed by atoms with E-state index in [1.807, 2.05) is 51.1 Å². The summed E-state index contributed by atoms with van der Waals surface area (Å²) in [5, 5.41) is 0. The van der Waals surface area contributed by atoms with Gasteiger partial charge in [-0.2, -0.15) is 0 Å². The fourth-order valence-corrected chi connectivity index (χ4v) is 6.81. The molecule has 0 N–H and O–H groups in total. The van der Waals surface area contributed by atoms with Crippen LogP contribution < -0.4 is 4.40 Å². The van der Waals surface area contributed by atoms with Crippen LogP contribution in [0.3, 0.4) is 0 Å². The quantitative estimate of drug-likeness (QED) is 0.716. The molecule has 0 saturated heterocycles. The van der Waals surface area contributed by atoms with E-state index in [9.17, 15) is 0 Å². The van der Waals surface area contributed by atoms with Gasteiger partial charge in [0, 0.05) is 0 Å². The summed E-state index contributed by atoms with van der Waals surface area (Å²) < 4.78 is 18.6. The molecule has 90 valence electrons. The molecule has 0 aliphatic carbocycles. The Bertz CT molecular complexity index is 273. The van der Waals surface area contributed by atoms with Crippen LogP contribution in [-0.4, -0.2) is 34.1 Å². The van der Waals surface area contributed by atoms with Crippen molar-refractivity contribution in [1.29, 1.82) is 0 Å². The molecule has 0 aromatic heterocycles. The molecule has 0 amide bonds. The van der Waals surface area contributed by atoms with Crippen molar-refractivity contribution in [1.82, 2.24) is 0 Å². The first-order valence-corrected chi connectivity index (χ1v) is 9.38. The number of hydrogen-bond acceptors (Lipinski definition) is 3. The Morgan fingerprint density at radius 3 is 1.62 bits per heavy atom. The van der Waals surface area contributed by atoms with Gasteiger partial charge in [0.15, 0.2) is 0 Å². The Hall–Kier alpha value is -0.357. The van der Waals surface area contributed by atoms with Crippen molar-refractivity contribution in [2.24, 2.45) is 0 Å². The molecule has 0 aliphatic rings. The van der Waals surface area contributed by atoms with Gasteiger partial charge in [0.25, 0.3) is 0 Å². The van der Waals surface area contributed by atoms with Gasteiger partial charge < -0.3 is 0 Å². The summed E-state index contributed by atoms with van der Waals surface area (Å²) in [6, 6.07) is 10.0. The van der Waals surface area contributed by atoms with E-state index >= 15 is 0 Å². The molecular weight excluding hydrogens is 265 g/mol. The minimum atomic E-state index is -3.24. The Balaban J connectivity index is 2.99. The van der Waals surface area contributed by atoms with Crippen LogP contribution in [0.25, 0.3) is 0 Å². The minimum absolute atomic E-state index is 0.620. The summed E-state index contributed by atoms with van der Waals surface area (Å²) in [4.78, 5) is 0. The fourth-order valence-electron chi connectivity index (χ4n) is 1.59. The van der Waals surface area contributed by atoms with Crippen LogP contribution in [0.4, 0.5) is 0 Å². The number of benzene rings is 1. The van der Waals surface area contributed by atoms with Crippen molar-refractivity contribution < 1.29 is 11.3 Å². The summed E-state index contributed by atoms with van der Waals surface area (Å²) in [5.74, 6) is 0. The van der Waals surface area contributed by atoms with E-state index in [1.54, 1.807) is 0 Å². The van der Waals surface area contributed by atoms with E-state index in [4.69, 9.17) is 11.3 Å². The molecule has 0 aliphatic heterocycles. The van der Waals surface area contributed by atoms with Gasteiger partial charge in [0.2, 0.25) is 0 Å². The zero-order valence-electron chi connectivity index (χ0n) is 10.2. The molecular formula is C12H20GeO3. The topological polar surface area (TPSA) is 27.7 Å². The van der Waals surface area contributed by atoms with E-state index in [0.29, 0.717) is 19.8 Å². The van der Waals surface area contributed by atoms with Crippen molar-refractivity contribution in [2.75, 3.05) is 19.8 Å². The first-order chi connectivity index (χ1) is 7.79. The van der Waals surface area contributed by atoms with E-state index in [-0.39, 0.29) is 0 Å². The summed E-state index contributed by atoms with van der Waals surface area (Å²) in [6.07, 6.45) is 0. The van der Waals surface area contributed by atoms with E-state index in [0.717, 1.165) is 4.40 Å². The van der Waals surface area contributed by atoms with Gasteiger partial charge in [-0.3, -0.25) is 0 Å². The molecule has 0 heterocycles. The fraction of sp³-hybridized carbons (Fsp3) is 0.500. The second-order valence-corrected chi connectivity index (χ2v) is 8.58. The van der Waals surface area contributed by atoms with Crippen LogP contribution in [0.2, 0.25) is 0 Å². The third-order valence-electron chi connectivity index (χ3n) is 2.13. The summed E-state index contributed by atoms with van der Waals surface area (Å²) in [5.41, 5.74) is 0. The SMILES string of the molecule is CC[O][Ge]([O]CC)([O]CC)[c]1ccccc1. The van der Waals surface area contributed by atoms with Crippen LogP contribution in [0.1, 0.15) is 20.8 Å². The Kier molecular flexibility index (Phi) is 6.05. The number of rotatable bonds is 7. The van der Waals surface area contributed by atoms with Crippen molar-refractivity contribution in [2.45, 2.75) is 20.8 Å². The van der Waals surface area contributed by atoms with Gasteiger partial charge in [-0.1, -0.05) is 0 Å². The second kappa shape index (κ2) is 7.06. The Morgan fingerprint density at radius 1 is 0.812 bits per heavy atom. The third-order valence-corrected chi connectivity index (χ3v) is 8.52. The van der Waals surface area contributed by atoms with Gasteiger partial charge in [0.05, 0.1) is 0 Å². The predicted octanol–water partition coefficient (Wildman–Crippen LogP) is 1.94. The van der Waals surface area contributed by atoms with Crippen molar-refractivity contribution >= 4 is 18.7 Å². The average molecular weight is 285 g/mol. The molecule has 1 aromatic rings. The van der Waals surface area contributed by atoms with Gasteiger partial charge in [-0.05, 0) is 0 Å². The van der Waals surface area contributed by atoms with Gasteiger partial charge in [0.1, 0.15) is 0 Å². The molecule has 0 spiro atoms. The summed E-state index contributed by atoms with van der Waals surface area (Å²) >= 11 is -3.24. The predicted molar refractivity (Wildman–Crippen MR) is 66.7 cm³/mol. The Labute approximate surface area is 101 Å². The van der Waals surface area contributed by atoms with Gasteiger partial charge in [-0.25, -0.2) is 0 Å². The normalized spacial score (nSPS) is 11.7. The van der Waals surface area contributed by atoms with Gasteiger partial charge >= 0.3 is 101 Å². The van der Waals surface area contributed by atoms with Crippen LogP contribution >= 0.6 is 0 Å². The van der Waals surface area contributed by atoms with Crippen LogP contribution in [-0.2, 0) is 11.3 Å². The zero-order valence-corrected chi connectivity index (χ0v) is 12.3. The van der Waals surface area contributed by atoms with E-state index in [2.05, 4.69) is 0 Å². The van der Waals surface area contributed by atoms with Crippen LogP contribution in [0, 0.1) is 0 Å². The molecule has 0 saturated carbocycles. The first kappa shape index (κ1) is 13.7. The first-order valence-electron chi connectivity index (χ1n) is 5.76. The third kappa shape index (κ3) is 3.32. The average Bonchev–Trinajstić information content (AvgIpc) is 2.31. The summed E-state index contributed by atoms with van der Waals surface area (Å²) in [6.45, 7) is 7.78. The maximum atomic E-state index is 5.84. The molecule has 4 heteroatoms. The maximum absolute atomic E-state index is 5.84.